The van der Waals surface area contributed by atoms with Gasteiger partial charge in [-0.15, -0.1) is 0 Å². The van der Waals surface area contributed by atoms with E-state index in [4.69, 9.17) is 0 Å². The van der Waals surface area contributed by atoms with E-state index in [0.717, 1.165) is 7.11 Å². The molecule has 0 spiro atoms. The van der Waals surface area contributed by atoms with Crippen LogP contribution in [-0.4, -0.2) is 43.9 Å². The Labute approximate surface area is 90.7 Å². The van der Waals surface area contributed by atoms with Gasteiger partial charge in [0.1, 0.15) is 6.04 Å². The summed E-state index contributed by atoms with van der Waals surface area (Å²) < 4.78 is 40.1. The molecule has 3 nitrogen and oxygen atoms in total. The van der Waals surface area contributed by atoms with Crippen LogP contribution in [0.1, 0.15) is 6.42 Å². The molecule has 90 valence electrons. The number of ether oxygens (including phenoxy) is 1. The van der Waals surface area contributed by atoms with Crippen molar-refractivity contribution in [2.24, 2.45) is 0 Å². The SMILES string of the molecule is COC(=O)C(CCSC)NCC(F)(F)F. The molecule has 0 fully saturated rings. The molecule has 0 saturated heterocycles. The number of alkyl halides is 3. The molecule has 0 radical (unpaired) electrons. The fraction of sp³-hybridized carbons (Fsp3) is 0.875. The lowest BCUT2D eigenvalue weighted by molar-refractivity contribution is -0.146. The van der Waals surface area contributed by atoms with Crippen LogP contribution in [0.15, 0.2) is 0 Å². The van der Waals surface area contributed by atoms with E-state index in [0.29, 0.717) is 12.2 Å². The third kappa shape index (κ3) is 7.49. The van der Waals surface area contributed by atoms with Gasteiger partial charge < -0.3 is 4.74 Å². The Bertz CT molecular complexity index is 199. The van der Waals surface area contributed by atoms with Gasteiger partial charge in [-0.1, -0.05) is 0 Å². The minimum atomic E-state index is -4.31. The second-order valence-corrected chi connectivity index (χ2v) is 3.84. The van der Waals surface area contributed by atoms with Crippen LogP contribution in [0.4, 0.5) is 13.2 Å². The van der Waals surface area contributed by atoms with Gasteiger partial charge in [-0.25, -0.2) is 0 Å². The van der Waals surface area contributed by atoms with E-state index >= 15 is 0 Å². The maximum atomic E-state index is 11.9. The largest absolute Gasteiger partial charge is 0.468 e. The van der Waals surface area contributed by atoms with Crippen LogP contribution in [0.5, 0.6) is 0 Å². The molecule has 1 unspecified atom stereocenters. The average Bonchev–Trinajstić information content (AvgIpc) is 2.15. The third-order valence-corrected chi connectivity index (χ3v) is 2.29. The van der Waals surface area contributed by atoms with Gasteiger partial charge in [-0.3, -0.25) is 10.1 Å². The highest BCUT2D eigenvalue weighted by Gasteiger charge is 2.30. The third-order valence-electron chi connectivity index (χ3n) is 1.65. The van der Waals surface area contributed by atoms with Gasteiger partial charge in [0.25, 0.3) is 0 Å². The first kappa shape index (κ1) is 14.6. The van der Waals surface area contributed by atoms with Crippen LogP contribution in [-0.2, 0) is 9.53 Å². The van der Waals surface area contributed by atoms with Crippen LogP contribution in [0.3, 0.4) is 0 Å². The summed E-state index contributed by atoms with van der Waals surface area (Å²) in [6.07, 6.45) is -2.17. The van der Waals surface area contributed by atoms with E-state index in [-0.39, 0.29) is 0 Å². The number of hydrogen-bond donors (Lipinski definition) is 1. The molecule has 0 aromatic heterocycles. The molecule has 1 atom stereocenters. The standard InChI is InChI=1S/C8H14F3NO2S/c1-14-7(13)6(3-4-15-2)12-5-8(9,10)11/h6,12H,3-5H2,1-2H3. The lowest BCUT2D eigenvalue weighted by Crippen LogP contribution is -2.43. The molecule has 0 heterocycles. The summed E-state index contributed by atoms with van der Waals surface area (Å²) in [6.45, 7) is -1.18. The molecular formula is C8H14F3NO2S. The molecule has 0 rings (SSSR count). The monoisotopic (exact) mass is 245 g/mol. The molecule has 0 aromatic carbocycles. The Hall–Kier alpha value is -0.430. The van der Waals surface area contributed by atoms with Crippen molar-refractivity contribution in [1.29, 1.82) is 0 Å². The fourth-order valence-corrected chi connectivity index (χ4v) is 1.39. The number of carbonyl (C=O) groups is 1. The van der Waals surface area contributed by atoms with E-state index in [2.05, 4.69) is 10.1 Å². The number of thioether (sulfide) groups is 1. The van der Waals surface area contributed by atoms with Crippen molar-refractivity contribution >= 4 is 17.7 Å². The minimum absolute atomic E-state index is 0.323. The predicted octanol–water partition coefficient (Wildman–Crippen LogP) is 1.43. The first-order valence-electron chi connectivity index (χ1n) is 4.27. The fourth-order valence-electron chi connectivity index (χ4n) is 0.920. The van der Waals surface area contributed by atoms with Crippen LogP contribution >= 0.6 is 11.8 Å². The Morgan fingerprint density at radius 3 is 2.53 bits per heavy atom. The molecule has 7 heteroatoms. The number of hydrogen-bond acceptors (Lipinski definition) is 4. The summed E-state index contributed by atoms with van der Waals surface area (Å²) in [7, 11) is 1.16. The van der Waals surface area contributed by atoms with Crippen molar-refractivity contribution in [2.45, 2.75) is 18.6 Å². The van der Waals surface area contributed by atoms with E-state index in [9.17, 15) is 18.0 Å². The second kappa shape index (κ2) is 6.95. The van der Waals surface area contributed by atoms with Crippen molar-refractivity contribution in [1.82, 2.24) is 5.32 Å². The number of halogens is 3. The molecule has 1 N–H and O–H groups in total. The lowest BCUT2D eigenvalue weighted by Gasteiger charge is -2.16. The number of methoxy groups -OCH3 is 1. The first-order chi connectivity index (χ1) is 6.90. The minimum Gasteiger partial charge on any atom is -0.468 e. The van der Waals surface area contributed by atoms with Gasteiger partial charge in [-0.2, -0.15) is 24.9 Å². The molecular weight excluding hydrogens is 231 g/mol. The normalized spacial score (nSPS) is 13.7. The quantitative estimate of drug-likeness (QED) is 0.718. The van der Waals surface area contributed by atoms with Gasteiger partial charge in [0.05, 0.1) is 13.7 Å². The number of carbonyl (C=O) groups excluding carboxylic acids is 1. The molecule has 0 aromatic rings. The van der Waals surface area contributed by atoms with Gasteiger partial charge in [0.2, 0.25) is 0 Å². The molecule has 0 bridgehead atoms. The number of esters is 1. The maximum absolute atomic E-state index is 11.9. The first-order valence-corrected chi connectivity index (χ1v) is 5.67. The molecule has 0 saturated carbocycles. The van der Waals surface area contributed by atoms with Gasteiger partial charge in [-0.05, 0) is 18.4 Å². The Kier molecular flexibility index (Phi) is 6.75. The summed E-state index contributed by atoms with van der Waals surface area (Å²) >= 11 is 1.46. The second-order valence-electron chi connectivity index (χ2n) is 2.85. The molecule has 0 aliphatic heterocycles. The molecule has 0 amide bonds. The Balaban J connectivity index is 4.07. The van der Waals surface area contributed by atoms with Crippen LogP contribution in [0.25, 0.3) is 0 Å². The lowest BCUT2D eigenvalue weighted by atomic mass is 10.2. The van der Waals surface area contributed by atoms with Gasteiger partial charge in [0, 0.05) is 0 Å². The Morgan fingerprint density at radius 1 is 1.53 bits per heavy atom. The van der Waals surface area contributed by atoms with Crippen molar-refractivity contribution in [2.75, 3.05) is 25.7 Å². The molecule has 0 aliphatic carbocycles. The maximum Gasteiger partial charge on any atom is 0.401 e. The summed E-state index contributed by atoms with van der Waals surface area (Å²) in [5, 5.41) is 2.13. The number of nitrogens with one attached hydrogen (secondary N) is 1. The van der Waals surface area contributed by atoms with Crippen LogP contribution in [0, 0.1) is 0 Å². The topological polar surface area (TPSA) is 38.3 Å². The smallest absolute Gasteiger partial charge is 0.401 e. The van der Waals surface area contributed by atoms with Crippen molar-refractivity contribution in [3.05, 3.63) is 0 Å². The number of rotatable bonds is 6. The van der Waals surface area contributed by atoms with E-state index < -0.39 is 24.7 Å². The zero-order chi connectivity index (χ0) is 11.9. The highest BCUT2D eigenvalue weighted by atomic mass is 32.2. The highest BCUT2D eigenvalue weighted by molar-refractivity contribution is 7.98. The summed E-state index contributed by atoms with van der Waals surface area (Å²) in [5.74, 6) is -0.0572. The van der Waals surface area contributed by atoms with Crippen LogP contribution in [0.2, 0.25) is 0 Å². The molecule has 15 heavy (non-hydrogen) atoms. The van der Waals surface area contributed by atoms with Gasteiger partial charge >= 0.3 is 12.1 Å². The van der Waals surface area contributed by atoms with E-state index in [1.807, 2.05) is 6.26 Å². The van der Waals surface area contributed by atoms with Crippen molar-refractivity contribution in [3.8, 4) is 0 Å². The van der Waals surface area contributed by atoms with E-state index in [1.54, 1.807) is 0 Å². The zero-order valence-electron chi connectivity index (χ0n) is 8.56. The summed E-state index contributed by atoms with van der Waals surface area (Å²) in [5.41, 5.74) is 0. The molecule has 0 aliphatic rings. The van der Waals surface area contributed by atoms with E-state index in [1.165, 1.54) is 11.8 Å². The summed E-state index contributed by atoms with van der Waals surface area (Å²) in [6, 6.07) is -0.885. The van der Waals surface area contributed by atoms with Gasteiger partial charge in [0.15, 0.2) is 0 Å². The summed E-state index contributed by atoms with van der Waals surface area (Å²) in [4.78, 5) is 11.1. The zero-order valence-corrected chi connectivity index (χ0v) is 9.37. The predicted molar refractivity (Wildman–Crippen MR) is 52.9 cm³/mol. The van der Waals surface area contributed by atoms with Crippen molar-refractivity contribution in [3.63, 3.8) is 0 Å². The van der Waals surface area contributed by atoms with Crippen molar-refractivity contribution < 1.29 is 22.7 Å². The average molecular weight is 245 g/mol. The Morgan fingerprint density at radius 2 is 2.13 bits per heavy atom. The van der Waals surface area contributed by atoms with Crippen LogP contribution < -0.4 is 5.32 Å². The highest BCUT2D eigenvalue weighted by Crippen LogP contribution is 2.13.